The van der Waals surface area contributed by atoms with Gasteiger partial charge in [-0.05, 0) is 80.8 Å². The van der Waals surface area contributed by atoms with Gasteiger partial charge in [-0.15, -0.1) is 0 Å². The summed E-state index contributed by atoms with van der Waals surface area (Å²) >= 11 is 12.3. The van der Waals surface area contributed by atoms with E-state index in [9.17, 15) is 18.0 Å². The van der Waals surface area contributed by atoms with Crippen molar-refractivity contribution in [1.29, 1.82) is 0 Å². The molecule has 42 heavy (non-hydrogen) atoms. The van der Waals surface area contributed by atoms with Gasteiger partial charge < -0.3 is 15.0 Å². The third-order valence-corrected chi connectivity index (χ3v) is 9.04. The first-order valence-corrected chi connectivity index (χ1v) is 15.9. The molecular weight excluding hydrogens is 597 g/mol. The van der Waals surface area contributed by atoms with E-state index >= 15 is 0 Å². The number of anilines is 1. The van der Waals surface area contributed by atoms with Gasteiger partial charge in [-0.25, -0.2) is 8.42 Å². The largest absolute Gasteiger partial charge is 0.494 e. The van der Waals surface area contributed by atoms with E-state index in [0.29, 0.717) is 34.5 Å². The number of sulfonamides is 1. The van der Waals surface area contributed by atoms with Crippen LogP contribution in [0, 0.1) is 12.8 Å². The van der Waals surface area contributed by atoms with Gasteiger partial charge in [0.05, 0.1) is 27.2 Å². The number of hydrogen-bond acceptors (Lipinski definition) is 5. The van der Waals surface area contributed by atoms with E-state index < -0.39 is 28.5 Å². The fraction of sp³-hybridized carbons (Fsp3) is 0.355. The van der Waals surface area contributed by atoms with Crippen LogP contribution in [0.1, 0.15) is 38.8 Å². The van der Waals surface area contributed by atoms with Crippen LogP contribution in [0.3, 0.4) is 0 Å². The minimum absolute atomic E-state index is 0.00762. The lowest BCUT2D eigenvalue weighted by atomic mass is 10.1. The fourth-order valence-corrected chi connectivity index (χ4v) is 5.85. The Morgan fingerprint density at radius 2 is 1.57 bits per heavy atom. The van der Waals surface area contributed by atoms with Crippen LogP contribution in [0.4, 0.5) is 5.69 Å². The first-order valence-electron chi connectivity index (χ1n) is 13.7. The maximum atomic E-state index is 14.0. The highest BCUT2D eigenvalue weighted by atomic mass is 35.5. The van der Waals surface area contributed by atoms with E-state index in [1.807, 2.05) is 27.7 Å². The first kappa shape index (κ1) is 33.2. The number of hydrogen-bond donors (Lipinski definition) is 1. The van der Waals surface area contributed by atoms with E-state index in [1.165, 1.54) is 17.0 Å². The van der Waals surface area contributed by atoms with Crippen molar-refractivity contribution < 1.29 is 22.7 Å². The Labute approximate surface area is 258 Å². The molecule has 0 aliphatic carbocycles. The van der Waals surface area contributed by atoms with Crippen molar-refractivity contribution in [2.45, 2.75) is 52.1 Å². The highest BCUT2D eigenvalue weighted by molar-refractivity contribution is 7.92. The second-order valence-electron chi connectivity index (χ2n) is 10.3. The van der Waals surface area contributed by atoms with Gasteiger partial charge in [0.25, 0.3) is 10.0 Å². The standard InChI is InChI=1S/C31H37Cl2N3O5S/c1-6-41-26-12-10-25(11-13-26)36(42(39,40)27-14-7-22(4)8-15-27)20-30(37)35(23(5)31(38)34-18-21(2)3)19-24-9-16-28(32)29(33)17-24/h7-17,21,23H,6,18-20H2,1-5H3,(H,34,38)/t23-/m0/s1. The zero-order valence-corrected chi connectivity index (χ0v) is 26.8. The number of aryl methyl sites for hydroxylation is 1. The summed E-state index contributed by atoms with van der Waals surface area (Å²) in [5.74, 6) is -0.156. The molecule has 0 aliphatic heterocycles. The summed E-state index contributed by atoms with van der Waals surface area (Å²) in [5, 5.41) is 3.52. The molecule has 0 saturated heterocycles. The van der Waals surface area contributed by atoms with E-state index in [0.717, 1.165) is 9.87 Å². The quantitative estimate of drug-likeness (QED) is 0.246. The van der Waals surface area contributed by atoms with Gasteiger partial charge in [0.1, 0.15) is 18.3 Å². The molecule has 11 heteroatoms. The number of nitrogens with one attached hydrogen (secondary N) is 1. The molecule has 0 fully saturated rings. The number of rotatable bonds is 13. The Hall–Kier alpha value is -3.27. The van der Waals surface area contributed by atoms with Crippen LogP contribution in [-0.4, -0.2) is 50.9 Å². The minimum atomic E-state index is -4.17. The van der Waals surface area contributed by atoms with Crippen molar-refractivity contribution in [3.05, 3.63) is 87.9 Å². The topological polar surface area (TPSA) is 96.0 Å². The highest BCUT2D eigenvalue weighted by Gasteiger charge is 2.32. The average molecular weight is 635 g/mol. The van der Waals surface area contributed by atoms with Gasteiger partial charge in [0.2, 0.25) is 11.8 Å². The number of benzene rings is 3. The monoisotopic (exact) mass is 633 g/mol. The van der Waals surface area contributed by atoms with Crippen molar-refractivity contribution in [1.82, 2.24) is 10.2 Å². The lowest BCUT2D eigenvalue weighted by molar-refractivity contribution is -0.139. The van der Waals surface area contributed by atoms with Gasteiger partial charge in [0.15, 0.2) is 0 Å². The summed E-state index contributed by atoms with van der Waals surface area (Å²) in [7, 11) is -4.17. The molecule has 0 radical (unpaired) electrons. The molecule has 3 aromatic rings. The minimum Gasteiger partial charge on any atom is -0.494 e. The third kappa shape index (κ3) is 8.63. The molecule has 3 rings (SSSR count). The van der Waals surface area contributed by atoms with Gasteiger partial charge in [-0.1, -0.05) is 60.8 Å². The summed E-state index contributed by atoms with van der Waals surface area (Å²) < 4.78 is 34.5. The number of nitrogens with zero attached hydrogens (tertiary/aromatic N) is 2. The Morgan fingerprint density at radius 1 is 0.929 bits per heavy atom. The second kappa shape index (κ2) is 14.8. The Balaban J connectivity index is 2.03. The smallest absolute Gasteiger partial charge is 0.264 e. The molecule has 226 valence electrons. The van der Waals surface area contributed by atoms with Crippen LogP contribution in [0.15, 0.2) is 71.6 Å². The van der Waals surface area contributed by atoms with Crippen LogP contribution in [-0.2, 0) is 26.2 Å². The maximum Gasteiger partial charge on any atom is 0.264 e. The third-order valence-electron chi connectivity index (χ3n) is 6.51. The summed E-state index contributed by atoms with van der Waals surface area (Å²) in [6.45, 7) is 9.59. The molecule has 0 saturated carbocycles. The molecule has 3 aromatic carbocycles. The molecule has 0 aliphatic rings. The van der Waals surface area contributed by atoms with E-state index in [1.54, 1.807) is 61.5 Å². The molecule has 0 heterocycles. The van der Waals surface area contributed by atoms with E-state index in [2.05, 4.69) is 5.32 Å². The SMILES string of the molecule is CCOc1ccc(N(CC(=O)N(Cc2ccc(Cl)c(Cl)c2)[C@@H](C)C(=O)NCC(C)C)S(=O)(=O)c2ccc(C)cc2)cc1. The van der Waals surface area contributed by atoms with Crippen molar-refractivity contribution in [2.75, 3.05) is 24.0 Å². The Bertz CT molecular complexity index is 1480. The predicted octanol–water partition coefficient (Wildman–Crippen LogP) is 6.09. The van der Waals surface area contributed by atoms with Gasteiger partial charge in [0, 0.05) is 13.1 Å². The molecule has 1 atom stereocenters. The number of amides is 2. The normalized spacial score (nSPS) is 12.1. The number of ether oxygens (including phenoxy) is 1. The van der Waals surface area contributed by atoms with Crippen LogP contribution >= 0.6 is 23.2 Å². The molecule has 2 amide bonds. The van der Waals surface area contributed by atoms with Gasteiger partial charge in [-0.2, -0.15) is 0 Å². The molecule has 0 unspecified atom stereocenters. The molecule has 0 aromatic heterocycles. The lowest BCUT2D eigenvalue weighted by Gasteiger charge is -2.32. The zero-order chi connectivity index (χ0) is 31.0. The molecule has 1 N–H and O–H groups in total. The van der Waals surface area contributed by atoms with Crippen molar-refractivity contribution >= 4 is 50.7 Å². The molecule has 8 nitrogen and oxygen atoms in total. The average Bonchev–Trinajstić information content (AvgIpc) is 2.95. The lowest BCUT2D eigenvalue weighted by Crippen LogP contribution is -2.51. The highest BCUT2D eigenvalue weighted by Crippen LogP contribution is 2.28. The second-order valence-corrected chi connectivity index (χ2v) is 13.0. The van der Waals surface area contributed by atoms with Crippen LogP contribution in [0.2, 0.25) is 10.0 Å². The molecule has 0 spiro atoms. The zero-order valence-electron chi connectivity index (χ0n) is 24.4. The summed E-state index contributed by atoms with van der Waals surface area (Å²) in [6, 6.07) is 16.9. The van der Waals surface area contributed by atoms with Crippen LogP contribution in [0.25, 0.3) is 0 Å². The maximum absolute atomic E-state index is 14.0. The van der Waals surface area contributed by atoms with Crippen LogP contribution in [0.5, 0.6) is 5.75 Å². The number of halogens is 2. The Kier molecular flexibility index (Phi) is 11.7. The number of carbonyl (C=O) groups is 2. The number of carbonyl (C=O) groups excluding carboxylic acids is 2. The van der Waals surface area contributed by atoms with Crippen molar-refractivity contribution in [3.63, 3.8) is 0 Å². The van der Waals surface area contributed by atoms with E-state index in [-0.39, 0.29) is 29.0 Å². The fourth-order valence-electron chi connectivity index (χ4n) is 4.11. The summed E-state index contributed by atoms with van der Waals surface area (Å²) in [6.07, 6.45) is 0. The molecule has 0 bridgehead atoms. The summed E-state index contributed by atoms with van der Waals surface area (Å²) in [5.41, 5.74) is 1.81. The van der Waals surface area contributed by atoms with Crippen LogP contribution < -0.4 is 14.4 Å². The van der Waals surface area contributed by atoms with E-state index in [4.69, 9.17) is 27.9 Å². The first-order chi connectivity index (χ1) is 19.8. The van der Waals surface area contributed by atoms with Crippen molar-refractivity contribution in [3.8, 4) is 5.75 Å². The van der Waals surface area contributed by atoms with Crippen molar-refractivity contribution in [2.24, 2.45) is 5.92 Å². The van der Waals surface area contributed by atoms with Gasteiger partial charge >= 0.3 is 0 Å². The molecular formula is C31H37Cl2N3O5S. The predicted molar refractivity (Wildman–Crippen MR) is 168 cm³/mol. The summed E-state index contributed by atoms with van der Waals surface area (Å²) in [4.78, 5) is 28.5. The Morgan fingerprint density at radius 3 is 2.14 bits per heavy atom. The van der Waals surface area contributed by atoms with Gasteiger partial charge in [-0.3, -0.25) is 13.9 Å².